The Labute approximate surface area is 210 Å². The Kier molecular flexibility index (Phi) is 9.60. The Balaban J connectivity index is 1.80. The lowest BCUT2D eigenvalue weighted by Gasteiger charge is -2.34. The van der Waals surface area contributed by atoms with E-state index in [2.05, 4.69) is 0 Å². The van der Waals surface area contributed by atoms with Crippen molar-refractivity contribution < 1.29 is 28.2 Å². The van der Waals surface area contributed by atoms with Gasteiger partial charge in [0.05, 0.1) is 17.9 Å². The molecule has 0 aromatic heterocycles. The van der Waals surface area contributed by atoms with Gasteiger partial charge in [0.15, 0.2) is 0 Å². The number of sulfonamides is 1. The number of rotatable bonds is 11. The number of carbonyl (C=O) groups is 1. The molecule has 9 heteroatoms. The van der Waals surface area contributed by atoms with Crippen LogP contribution in [0.15, 0.2) is 30.3 Å². The van der Waals surface area contributed by atoms with Crippen molar-refractivity contribution in [1.82, 2.24) is 9.21 Å². The first-order valence-electron chi connectivity index (χ1n) is 12.9. The molecule has 1 saturated heterocycles. The van der Waals surface area contributed by atoms with E-state index in [1.807, 2.05) is 37.3 Å². The van der Waals surface area contributed by atoms with E-state index in [9.17, 15) is 23.4 Å². The topological polar surface area (TPSA) is 107 Å². The molecule has 0 radical (unpaired) electrons. The van der Waals surface area contributed by atoms with Gasteiger partial charge in [-0.15, -0.1) is 0 Å². The molecular formula is C26H42N2O6S. The first-order valence-corrected chi connectivity index (χ1v) is 14.6. The maximum absolute atomic E-state index is 13.5. The molecule has 1 saturated carbocycles. The second-order valence-electron chi connectivity index (χ2n) is 10.5. The van der Waals surface area contributed by atoms with Crippen LogP contribution in [0.3, 0.4) is 0 Å². The molecule has 3 atom stereocenters. The van der Waals surface area contributed by atoms with Crippen LogP contribution in [0.5, 0.6) is 0 Å². The van der Waals surface area contributed by atoms with E-state index >= 15 is 0 Å². The summed E-state index contributed by atoms with van der Waals surface area (Å²) < 4.78 is 34.4. The lowest BCUT2D eigenvalue weighted by atomic mass is 9.83. The number of amides is 1. The summed E-state index contributed by atoms with van der Waals surface area (Å²) in [5.74, 6) is -0.155. The predicted octanol–water partition coefficient (Wildman–Crippen LogP) is 4.43. The molecule has 1 aliphatic heterocycles. The molecule has 35 heavy (non-hydrogen) atoms. The number of aliphatic hydroxyl groups is 1. The highest BCUT2D eigenvalue weighted by molar-refractivity contribution is 7.89. The Morgan fingerprint density at radius 2 is 1.86 bits per heavy atom. The van der Waals surface area contributed by atoms with Gasteiger partial charge in [-0.3, -0.25) is 4.90 Å². The highest BCUT2D eigenvalue weighted by Crippen LogP contribution is 2.39. The molecule has 1 heterocycles. The summed E-state index contributed by atoms with van der Waals surface area (Å²) in [5.41, 5.74) is -0.265. The molecule has 1 aromatic rings. The van der Waals surface area contributed by atoms with Gasteiger partial charge < -0.3 is 14.9 Å². The van der Waals surface area contributed by atoms with Crippen molar-refractivity contribution >= 4 is 16.1 Å². The van der Waals surface area contributed by atoms with Crippen molar-refractivity contribution in [2.45, 2.75) is 103 Å². The van der Waals surface area contributed by atoms with Crippen LogP contribution in [-0.2, 0) is 21.3 Å². The second-order valence-corrected chi connectivity index (χ2v) is 12.5. The summed E-state index contributed by atoms with van der Waals surface area (Å²) in [6, 6.07) is 8.82. The third-order valence-electron chi connectivity index (χ3n) is 7.34. The number of nitrogens with zero attached hydrogens (tertiary/aromatic N) is 2. The summed E-state index contributed by atoms with van der Waals surface area (Å²) >= 11 is 0. The van der Waals surface area contributed by atoms with Crippen molar-refractivity contribution in [2.75, 3.05) is 12.3 Å². The number of ether oxygens (including phenoxy) is 1. The Bertz CT molecular complexity index is 917. The lowest BCUT2D eigenvalue weighted by Crippen LogP contribution is -2.50. The van der Waals surface area contributed by atoms with Crippen LogP contribution < -0.4 is 0 Å². The second kappa shape index (κ2) is 12.0. The van der Waals surface area contributed by atoms with Crippen LogP contribution in [0.2, 0.25) is 0 Å². The van der Waals surface area contributed by atoms with E-state index in [0.29, 0.717) is 25.3 Å². The van der Waals surface area contributed by atoms with Gasteiger partial charge in [0.2, 0.25) is 10.0 Å². The summed E-state index contributed by atoms with van der Waals surface area (Å²) in [6.45, 7) is 5.94. The number of hydrogen-bond acceptors (Lipinski definition) is 5. The molecule has 2 N–H and O–H groups in total. The number of hydrogen-bond donors (Lipinski definition) is 2. The van der Waals surface area contributed by atoms with Gasteiger partial charge >= 0.3 is 6.09 Å². The van der Waals surface area contributed by atoms with Crippen LogP contribution in [0.25, 0.3) is 0 Å². The van der Waals surface area contributed by atoms with Gasteiger partial charge in [0.25, 0.3) is 0 Å². The molecule has 2 aliphatic rings. The first-order chi connectivity index (χ1) is 16.5. The number of aliphatic hydroxyl groups excluding tert-OH is 1. The average Bonchev–Trinajstić information content (AvgIpc) is 3.07. The standard InChI is InChI=1S/C26H42N2O6S/c1-4-5-16-27(18-21-14-10-7-11-15-21)35(32,33)19-23(29)24-22(17-20-12-8-6-9-13-20)28(25(30)31)26(2,3)34-24/h7,10-11,14-15,20,22-24,29H,4-6,8-9,12-13,16-19H2,1-3H3,(H,30,31)/t22-,23?,24+/m0/s1. The molecule has 198 valence electrons. The maximum Gasteiger partial charge on any atom is 0.409 e. The number of carboxylic acid groups (broad SMARTS) is 1. The molecular weight excluding hydrogens is 468 g/mol. The summed E-state index contributed by atoms with van der Waals surface area (Å²) in [6.07, 6.45) is 4.24. The minimum Gasteiger partial charge on any atom is -0.465 e. The van der Waals surface area contributed by atoms with Crippen LogP contribution in [0.4, 0.5) is 4.79 Å². The van der Waals surface area contributed by atoms with Crippen molar-refractivity contribution in [3.05, 3.63) is 35.9 Å². The molecule has 1 aliphatic carbocycles. The molecule has 0 spiro atoms. The summed E-state index contributed by atoms with van der Waals surface area (Å²) in [5, 5.41) is 21.2. The highest BCUT2D eigenvalue weighted by Gasteiger charge is 2.53. The quantitative estimate of drug-likeness (QED) is 0.456. The molecule has 1 unspecified atom stereocenters. The third-order valence-corrected chi connectivity index (χ3v) is 9.20. The van der Waals surface area contributed by atoms with E-state index in [0.717, 1.165) is 37.7 Å². The highest BCUT2D eigenvalue weighted by atomic mass is 32.2. The third kappa shape index (κ3) is 7.18. The zero-order chi connectivity index (χ0) is 25.6. The Morgan fingerprint density at radius 1 is 1.20 bits per heavy atom. The fraction of sp³-hybridized carbons (Fsp3) is 0.731. The van der Waals surface area contributed by atoms with E-state index in [1.165, 1.54) is 15.6 Å². The molecule has 1 amide bonds. The predicted molar refractivity (Wildman–Crippen MR) is 135 cm³/mol. The van der Waals surface area contributed by atoms with Crippen molar-refractivity contribution in [2.24, 2.45) is 5.92 Å². The fourth-order valence-corrected chi connectivity index (χ4v) is 7.16. The smallest absolute Gasteiger partial charge is 0.409 e. The summed E-state index contributed by atoms with van der Waals surface area (Å²) in [7, 11) is -3.82. The van der Waals surface area contributed by atoms with Gasteiger partial charge in [0, 0.05) is 13.1 Å². The lowest BCUT2D eigenvalue weighted by molar-refractivity contribution is -0.0934. The van der Waals surface area contributed by atoms with E-state index in [1.54, 1.807) is 13.8 Å². The van der Waals surface area contributed by atoms with Crippen molar-refractivity contribution in [3.63, 3.8) is 0 Å². The average molecular weight is 511 g/mol. The van der Waals surface area contributed by atoms with Crippen LogP contribution in [0, 0.1) is 5.92 Å². The fourth-order valence-electron chi connectivity index (χ4n) is 5.58. The zero-order valence-corrected chi connectivity index (χ0v) is 22.1. The van der Waals surface area contributed by atoms with Crippen LogP contribution >= 0.6 is 0 Å². The van der Waals surface area contributed by atoms with Crippen LogP contribution in [0.1, 0.15) is 77.7 Å². The molecule has 1 aromatic carbocycles. The molecule has 2 fully saturated rings. The van der Waals surface area contributed by atoms with Crippen molar-refractivity contribution in [3.8, 4) is 0 Å². The van der Waals surface area contributed by atoms with Gasteiger partial charge in [-0.1, -0.05) is 75.8 Å². The van der Waals surface area contributed by atoms with Gasteiger partial charge in [0.1, 0.15) is 11.8 Å². The Hall–Kier alpha value is -1.68. The maximum atomic E-state index is 13.5. The zero-order valence-electron chi connectivity index (χ0n) is 21.3. The van der Waals surface area contributed by atoms with Crippen LogP contribution in [-0.4, -0.2) is 70.2 Å². The summed E-state index contributed by atoms with van der Waals surface area (Å²) in [4.78, 5) is 13.5. The molecule has 8 nitrogen and oxygen atoms in total. The molecule has 3 rings (SSSR count). The van der Waals surface area contributed by atoms with Gasteiger partial charge in [-0.25, -0.2) is 13.2 Å². The van der Waals surface area contributed by atoms with Gasteiger partial charge in [-0.05, 0) is 38.2 Å². The largest absolute Gasteiger partial charge is 0.465 e. The minimum absolute atomic E-state index is 0.236. The minimum atomic E-state index is -3.82. The van der Waals surface area contributed by atoms with Crippen molar-refractivity contribution in [1.29, 1.82) is 0 Å². The monoisotopic (exact) mass is 510 g/mol. The van der Waals surface area contributed by atoms with E-state index in [-0.39, 0.29) is 6.54 Å². The normalized spacial score (nSPS) is 24.1. The first kappa shape index (κ1) is 27.9. The SMILES string of the molecule is CCCCN(Cc1ccccc1)S(=O)(=O)CC(O)[C@@H]1OC(C)(C)N(C(=O)O)[C@H]1CC1CCCCC1. The van der Waals surface area contributed by atoms with E-state index < -0.39 is 45.8 Å². The molecule has 0 bridgehead atoms. The number of benzene rings is 1. The van der Waals surface area contributed by atoms with Gasteiger partial charge in [-0.2, -0.15) is 4.31 Å². The number of unbranched alkanes of at least 4 members (excludes halogenated alkanes) is 1. The van der Waals surface area contributed by atoms with E-state index in [4.69, 9.17) is 4.74 Å². The Morgan fingerprint density at radius 3 is 2.46 bits per heavy atom.